The second-order valence-corrected chi connectivity index (χ2v) is 5.69. The molecule has 1 atom stereocenters. The molecule has 1 aromatic heterocycles. The minimum absolute atomic E-state index is 0.378. The first-order chi connectivity index (χ1) is 10.4. The highest BCUT2D eigenvalue weighted by molar-refractivity contribution is 9.10. The van der Waals surface area contributed by atoms with Crippen molar-refractivity contribution in [2.75, 3.05) is 7.11 Å². The van der Waals surface area contributed by atoms with Crippen molar-refractivity contribution in [2.24, 2.45) is 7.05 Å². The summed E-state index contributed by atoms with van der Waals surface area (Å²) in [7, 11) is 2.96. The van der Waals surface area contributed by atoms with Gasteiger partial charge < -0.3 is 10.1 Å². The zero-order valence-electron chi connectivity index (χ0n) is 12.5. The van der Waals surface area contributed by atoms with E-state index in [1.807, 2.05) is 0 Å². The number of nitrogens with one attached hydrogen (secondary N) is 1. The minimum atomic E-state index is -0.874. The topological polar surface area (TPSA) is 73.2 Å². The second-order valence-electron chi connectivity index (χ2n) is 4.78. The molecular formula is C15H16BrN3O3. The molecule has 1 N–H and O–H groups in total. The van der Waals surface area contributed by atoms with Crippen LogP contribution in [0.25, 0.3) is 0 Å². The number of ether oxygens (including phenoxy) is 1. The average molecular weight is 366 g/mol. The number of nitrogens with zero attached hydrogens (tertiary/aromatic N) is 2. The number of carbonyl (C=O) groups is 2. The number of carbonyl (C=O) groups excluding carboxylic acids is 2. The molecule has 116 valence electrons. The van der Waals surface area contributed by atoms with Gasteiger partial charge in [0.15, 0.2) is 6.04 Å². The lowest BCUT2D eigenvalue weighted by Crippen LogP contribution is -2.35. The van der Waals surface area contributed by atoms with Gasteiger partial charge in [0.2, 0.25) is 0 Å². The Bertz CT molecular complexity index is 695. The molecule has 1 amide bonds. The van der Waals surface area contributed by atoms with Crippen molar-refractivity contribution in [1.29, 1.82) is 0 Å². The van der Waals surface area contributed by atoms with Crippen molar-refractivity contribution in [1.82, 2.24) is 15.1 Å². The quantitative estimate of drug-likeness (QED) is 0.842. The predicted molar refractivity (Wildman–Crippen MR) is 84.3 cm³/mol. The van der Waals surface area contributed by atoms with E-state index < -0.39 is 12.0 Å². The van der Waals surface area contributed by atoms with Crippen molar-refractivity contribution in [3.63, 3.8) is 0 Å². The van der Waals surface area contributed by atoms with Crippen molar-refractivity contribution < 1.29 is 14.3 Å². The van der Waals surface area contributed by atoms with E-state index in [1.54, 1.807) is 44.3 Å². The molecule has 0 spiro atoms. The molecule has 0 aliphatic heterocycles. The number of amides is 1. The number of esters is 1. The molecule has 0 saturated heterocycles. The summed E-state index contributed by atoms with van der Waals surface area (Å²) in [5, 5.41) is 6.81. The lowest BCUT2D eigenvalue weighted by Gasteiger charge is -2.17. The Kier molecular flexibility index (Phi) is 4.97. The number of rotatable bonds is 4. The van der Waals surface area contributed by atoms with E-state index in [0.29, 0.717) is 11.3 Å². The first-order valence-corrected chi connectivity index (χ1v) is 7.36. The molecule has 0 aliphatic rings. The van der Waals surface area contributed by atoms with Gasteiger partial charge in [-0.2, -0.15) is 5.10 Å². The third kappa shape index (κ3) is 3.54. The molecule has 0 bridgehead atoms. The maximum absolute atomic E-state index is 12.4. The summed E-state index contributed by atoms with van der Waals surface area (Å²) in [4.78, 5) is 24.3. The molecule has 0 saturated carbocycles. The Hall–Kier alpha value is -2.15. The average Bonchev–Trinajstić information content (AvgIpc) is 2.83. The maximum Gasteiger partial charge on any atom is 0.333 e. The van der Waals surface area contributed by atoms with Gasteiger partial charge in [-0.1, -0.05) is 28.1 Å². The summed E-state index contributed by atoms with van der Waals surface area (Å²) < 4.78 is 7.14. The van der Waals surface area contributed by atoms with E-state index in [2.05, 4.69) is 26.3 Å². The van der Waals surface area contributed by atoms with E-state index in [4.69, 9.17) is 4.74 Å². The highest BCUT2D eigenvalue weighted by Crippen LogP contribution is 2.19. The van der Waals surface area contributed by atoms with Crippen LogP contribution in [0.15, 0.2) is 34.8 Å². The zero-order chi connectivity index (χ0) is 16.3. The Morgan fingerprint density at radius 1 is 1.32 bits per heavy atom. The molecule has 6 nitrogen and oxygen atoms in total. The highest BCUT2D eigenvalue weighted by Gasteiger charge is 2.25. The van der Waals surface area contributed by atoms with Crippen molar-refractivity contribution >= 4 is 27.8 Å². The van der Waals surface area contributed by atoms with E-state index in [0.717, 1.165) is 10.2 Å². The lowest BCUT2D eigenvalue weighted by molar-refractivity contribution is -0.143. The third-order valence-electron chi connectivity index (χ3n) is 3.15. The van der Waals surface area contributed by atoms with E-state index >= 15 is 0 Å². The molecule has 0 radical (unpaired) electrons. The van der Waals surface area contributed by atoms with Gasteiger partial charge in [-0.25, -0.2) is 4.79 Å². The number of aromatic nitrogens is 2. The van der Waals surface area contributed by atoms with Gasteiger partial charge in [-0.3, -0.25) is 9.48 Å². The first-order valence-electron chi connectivity index (χ1n) is 6.57. The Labute approximate surface area is 136 Å². The van der Waals surface area contributed by atoms with Crippen LogP contribution >= 0.6 is 15.9 Å². The van der Waals surface area contributed by atoms with Crippen LogP contribution in [0.5, 0.6) is 0 Å². The van der Waals surface area contributed by atoms with Gasteiger partial charge in [0, 0.05) is 11.5 Å². The fourth-order valence-corrected chi connectivity index (χ4v) is 2.34. The fourth-order valence-electron chi connectivity index (χ4n) is 2.08. The standard InChI is InChI=1S/C15H16BrN3O3/c1-9-8-12(19(2)18-9)14(20)17-13(15(21)22-3)10-4-6-11(16)7-5-10/h4-8,13H,1-3H3,(H,17,20). The van der Waals surface area contributed by atoms with Crippen molar-refractivity contribution in [2.45, 2.75) is 13.0 Å². The number of benzene rings is 1. The van der Waals surface area contributed by atoms with Crippen LogP contribution in [0.1, 0.15) is 27.8 Å². The van der Waals surface area contributed by atoms with Crippen LogP contribution < -0.4 is 5.32 Å². The van der Waals surface area contributed by atoms with Crippen LogP contribution in [0.3, 0.4) is 0 Å². The molecule has 2 aromatic rings. The molecule has 7 heteroatoms. The number of methoxy groups -OCH3 is 1. The molecule has 0 aliphatic carbocycles. The Morgan fingerprint density at radius 2 is 1.95 bits per heavy atom. The highest BCUT2D eigenvalue weighted by atomic mass is 79.9. The van der Waals surface area contributed by atoms with Crippen LogP contribution in [-0.2, 0) is 16.6 Å². The van der Waals surface area contributed by atoms with Crippen LogP contribution in [0.4, 0.5) is 0 Å². The molecule has 2 rings (SSSR count). The zero-order valence-corrected chi connectivity index (χ0v) is 14.0. The van der Waals surface area contributed by atoms with E-state index in [-0.39, 0.29) is 5.91 Å². The summed E-state index contributed by atoms with van der Waals surface area (Å²) in [5.74, 6) is -0.920. The molecule has 1 heterocycles. The summed E-state index contributed by atoms with van der Waals surface area (Å²) >= 11 is 3.33. The van der Waals surface area contributed by atoms with Gasteiger partial charge >= 0.3 is 5.97 Å². The number of halogens is 1. The Morgan fingerprint density at radius 3 is 2.45 bits per heavy atom. The summed E-state index contributed by atoms with van der Waals surface area (Å²) in [5.41, 5.74) is 1.75. The molecular weight excluding hydrogens is 350 g/mol. The summed E-state index contributed by atoms with van der Waals surface area (Å²) in [6.07, 6.45) is 0. The monoisotopic (exact) mass is 365 g/mol. The van der Waals surface area contributed by atoms with Crippen LogP contribution in [-0.4, -0.2) is 28.8 Å². The fraction of sp³-hybridized carbons (Fsp3) is 0.267. The summed E-state index contributed by atoms with van der Waals surface area (Å²) in [6.45, 7) is 1.79. The van der Waals surface area contributed by atoms with E-state index in [9.17, 15) is 9.59 Å². The van der Waals surface area contributed by atoms with Gasteiger partial charge in [-0.05, 0) is 30.7 Å². The summed E-state index contributed by atoms with van der Waals surface area (Å²) in [6, 6.07) is 7.88. The molecule has 0 fully saturated rings. The van der Waals surface area contributed by atoms with Crippen LogP contribution in [0, 0.1) is 6.92 Å². The smallest absolute Gasteiger partial charge is 0.333 e. The Balaban J connectivity index is 2.27. The van der Waals surface area contributed by atoms with Gasteiger partial charge in [0.25, 0.3) is 5.91 Å². The van der Waals surface area contributed by atoms with Crippen molar-refractivity contribution in [3.8, 4) is 0 Å². The number of aryl methyl sites for hydroxylation is 2. The maximum atomic E-state index is 12.4. The normalized spacial score (nSPS) is 11.8. The van der Waals surface area contributed by atoms with Gasteiger partial charge in [0.05, 0.1) is 12.8 Å². The lowest BCUT2D eigenvalue weighted by atomic mass is 10.1. The molecule has 1 unspecified atom stereocenters. The molecule has 22 heavy (non-hydrogen) atoms. The van der Waals surface area contributed by atoms with Crippen molar-refractivity contribution in [3.05, 3.63) is 51.8 Å². The van der Waals surface area contributed by atoms with Gasteiger partial charge in [0.1, 0.15) is 5.69 Å². The third-order valence-corrected chi connectivity index (χ3v) is 3.68. The van der Waals surface area contributed by atoms with Crippen LogP contribution in [0.2, 0.25) is 0 Å². The largest absolute Gasteiger partial charge is 0.467 e. The minimum Gasteiger partial charge on any atom is -0.467 e. The predicted octanol–water partition coefficient (Wildman–Crippen LogP) is 2.14. The van der Waals surface area contributed by atoms with Gasteiger partial charge in [-0.15, -0.1) is 0 Å². The number of hydrogen-bond acceptors (Lipinski definition) is 4. The number of hydrogen-bond donors (Lipinski definition) is 1. The first kappa shape index (κ1) is 16.2. The molecule has 1 aromatic carbocycles. The second kappa shape index (κ2) is 6.74. The van der Waals surface area contributed by atoms with E-state index in [1.165, 1.54) is 11.8 Å². The SMILES string of the molecule is COC(=O)C(NC(=O)c1cc(C)nn1C)c1ccc(Br)cc1.